The Kier molecular flexibility index (Phi) is 5.34. The summed E-state index contributed by atoms with van der Waals surface area (Å²) in [7, 11) is 0. The summed E-state index contributed by atoms with van der Waals surface area (Å²) in [5.41, 5.74) is 3.75. The highest BCUT2D eigenvalue weighted by atomic mass is 32.1. The molecule has 1 saturated heterocycles. The lowest BCUT2D eigenvalue weighted by Gasteiger charge is -2.16. The van der Waals surface area contributed by atoms with Gasteiger partial charge in [0.05, 0.1) is 4.88 Å². The SMILES string of the molecule is O=C(NCc1cccc(NC(=O)N2CCCC2)c1)c1cc2c(s1)-c1ccccc1OC2. The normalized spacial score (nSPS) is 14.4. The quantitative estimate of drug-likeness (QED) is 0.617. The van der Waals surface area contributed by atoms with E-state index < -0.39 is 0 Å². The van der Waals surface area contributed by atoms with E-state index in [0.717, 1.165) is 58.9 Å². The molecule has 0 saturated carbocycles. The third kappa shape index (κ3) is 4.14. The zero-order valence-electron chi connectivity index (χ0n) is 17.0. The van der Waals surface area contributed by atoms with E-state index in [0.29, 0.717) is 18.0 Å². The van der Waals surface area contributed by atoms with Crippen LogP contribution in [0.2, 0.25) is 0 Å². The minimum Gasteiger partial charge on any atom is -0.488 e. The van der Waals surface area contributed by atoms with E-state index in [1.807, 2.05) is 59.5 Å². The molecule has 5 rings (SSSR count). The average molecular weight is 434 g/mol. The summed E-state index contributed by atoms with van der Waals surface area (Å²) in [4.78, 5) is 28.7. The Labute approximate surface area is 184 Å². The van der Waals surface area contributed by atoms with Gasteiger partial charge in [-0.25, -0.2) is 4.79 Å². The predicted octanol–water partition coefficient (Wildman–Crippen LogP) is 4.87. The fraction of sp³-hybridized carbons (Fsp3) is 0.250. The van der Waals surface area contributed by atoms with Gasteiger partial charge in [0.2, 0.25) is 0 Å². The van der Waals surface area contributed by atoms with Gasteiger partial charge in [0.15, 0.2) is 0 Å². The molecule has 0 unspecified atom stereocenters. The summed E-state index contributed by atoms with van der Waals surface area (Å²) in [6, 6.07) is 17.3. The van der Waals surface area contributed by atoms with Crippen molar-refractivity contribution >= 4 is 29.0 Å². The molecule has 3 aromatic rings. The van der Waals surface area contributed by atoms with Crippen molar-refractivity contribution in [2.45, 2.75) is 26.0 Å². The van der Waals surface area contributed by atoms with Crippen molar-refractivity contribution in [3.05, 3.63) is 70.6 Å². The highest BCUT2D eigenvalue weighted by Crippen LogP contribution is 2.42. The molecule has 2 aliphatic heterocycles. The first-order chi connectivity index (χ1) is 15.2. The van der Waals surface area contributed by atoms with Crippen molar-refractivity contribution in [1.29, 1.82) is 0 Å². The van der Waals surface area contributed by atoms with Gasteiger partial charge in [0.1, 0.15) is 12.4 Å². The van der Waals surface area contributed by atoms with Gasteiger partial charge >= 0.3 is 6.03 Å². The molecule has 2 aliphatic rings. The summed E-state index contributed by atoms with van der Waals surface area (Å²) in [6.07, 6.45) is 2.12. The summed E-state index contributed by atoms with van der Waals surface area (Å²) in [5.74, 6) is 0.750. The van der Waals surface area contributed by atoms with E-state index >= 15 is 0 Å². The van der Waals surface area contributed by atoms with Gasteiger partial charge in [0.25, 0.3) is 5.91 Å². The lowest BCUT2D eigenvalue weighted by atomic mass is 10.1. The summed E-state index contributed by atoms with van der Waals surface area (Å²) in [5, 5.41) is 5.94. The molecule has 0 spiro atoms. The number of rotatable bonds is 4. The number of para-hydroxylation sites is 1. The van der Waals surface area contributed by atoms with Crippen molar-refractivity contribution < 1.29 is 14.3 Å². The number of carbonyl (C=O) groups is 2. The Hall–Kier alpha value is -3.32. The number of fused-ring (bicyclic) bond motifs is 3. The highest BCUT2D eigenvalue weighted by molar-refractivity contribution is 7.17. The number of thiophene rings is 1. The van der Waals surface area contributed by atoms with Crippen LogP contribution in [0.15, 0.2) is 54.6 Å². The van der Waals surface area contributed by atoms with E-state index in [9.17, 15) is 9.59 Å². The Bertz CT molecular complexity index is 1130. The van der Waals surface area contributed by atoms with Crippen molar-refractivity contribution in [1.82, 2.24) is 10.2 Å². The second-order valence-electron chi connectivity index (χ2n) is 7.76. The first kappa shape index (κ1) is 19.6. The number of hydrogen-bond donors (Lipinski definition) is 2. The van der Waals surface area contributed by atoms with Crippen LogP contribution in [-0.4, -0.2) is 29.9 Å². The van der Waals surface area contributed by atoms with Crippen LogP contribution in [0.3, 0.4) is 0 Å². The smallest absolute Gasteiger partial charge is 0.321 e. The first-order valence-electron chi connectivity index (χ1n) is 10.5. The van der Waals surface area contributed by atoms with Crippen LogP contribution < -0.4 is 15.4 Å². The number of amides is 3. The molecule has 7 heteroatoms. The second-order valence-corrected chi connectivity index (χ2v) is 8.81. The van der Waals surface area contributed by atoms with Crippen LogP contribution in [0.1, 0.15) is 33.6 Å². The van der Waals surface area contributed by atoms with Gasteiger partial charge in [-0.15, -0.1) is 11.3 Å². The molecule has 0 bridgehead atoms. The fourth-order valence-electron chi connectivity index (χ4n) is 3.96. The van der Waals surface area contributed by atoms with Crippen LogP contribution in [0.5, 0.6) is 5.75 Å². The van der Waals surface area contributed by atoms with Crippen LogP contribution in [-0.2, 0) is 13.2 Å². The maximum Gasteiger partial charge on any atom is 0.321 e. The van der Waals surface area contributed by atoms with Gasteiger partial charge < -0.3 is 20.3 Å². The molecule has 0 aliphatic carbocycles. The molecule has 158 valence electrons. The van der Waals surface area contributed by atoms with E-state index in [1.54, 1.807) is 0 Å². The predicted molar refractivity (Wildman–Crippen MR) is 122 cm³/mol. The Balaban J connectivity index is 1.23. The summed E-state index contributed by atoms with van der Waals surface area (Å²) < 4.78 is 5.79. The van der Waals surface area contributed by atoms with Crippen molar-refractivity contribution in [3.63, 3.8) is 0 Å². The van der Waals surface area contributed by atoms with Gasteiger partial charge in [-0.1, -0.05) is 24.3 Å². The van der Waals surface area contributed by atoms with Crippen molar-refractivity contribution in [3.8, 4) is 16.2 Å². The molecule has 6 nitrogen and oxygen atoms in total. The third-order valence-electron chi connectivity index (χ3n) is 5.57. The number of carbonyl (C=O) groups excluding carboxylic acids is 2. The van der Waals surface area contributed by atoms with Gasteiger partial charge in [-0.05, 0) is 48.7 Å². The molecule has 2 N–H and O–H groups in total. The first-order valence-corrected chi connectivity index (χ1v) is 11.3. The Morgan fingerprint density at radius 2 is 1.87 bits per heavy atom. The minimum absolute atomic E-state index is 0.0645. The summed E-state index contributed by atoms with van der Waals surface area (Å²) in [6.45, 7) is 2.49. The fourth-order valence-corrected chi connectivity index (χ4v) is 5.08. The standard InChI is InChI=1S/C24H23N3O3S/c28-23(21-13-17-15-30-20-9-2-1-8-19(20)22(17)31-21)25-14-16-6-5-7-18(12-16)26-24(29)27-10-3-4-11-27/h1-2,5-9,12-13H,3-4,10-11,14-15H2,(H,25,28)(H,26,29). The van der Waals surface area contributed by atoms with Crippen LogP contribution in [0.25, 0.3) is 10.4 Å². The molecule has 1 aromatic heterocycles. The Morgan fingerprint density at radius 3 is 2.74 bits per heavy atom. The molecule has 3 heterocycles. The molecule has 2 aromatic carbocycles. The molecular formula is C24H23N3O3S. The minimum atomic E-state index is -0.108. The number of benzene rings is 2. The zero-order chi connectivity index (χ0) is 21.2. The van der Waals surface area contributed by atoms with Crippen LogP contribution >= 0.6 is 11.3 Å². The van der Waals surface area contributed by atoms with Crippen molar-refractivity contribution in [2.24, 2.45) is 0 Å². The largest absolute Gasteiger partial charge is 0.488 e. The van der Waals surface area contributed by atoms with E-state index in [-0.39, 0.29) is 11.9 Å². The van der Waals surface area contributed by atoms with Crippen LogP contribution in [0.4, 0.5) is 10.5 Å². The Morgan fingerprint density at radius 1 is 1.03 bits per heavy atom. The van der Waals surface area contributed by atoms with E-state index in [2.05, 4.69) is 10.6 Å². The molecule has 31 heavy (non-hydrogen) atoms. The number of urea groups is 1. The number of nitrogens with one attached hydrogen (secondary N) is 2. The maximum atomic E-state index is 12.8. The third-order valence-corrected chi connectivity index (χ3v) is 6.78. The average Bonchev–Trinajstić information content (AvgIpc) is 3.48. The second kappa shape index (κ2) is 8.43. The topological polar surface area (TPSA) is 70.7 Å². The number of likely N-dealkylation sites (tertiary alicyclic amines) is 1. The lowest BCUT2D eigenvalue weighted by Crippen LogP contribution is -2.32. The molecular weight excluding hydrogens is 410 g/mol. The molecule has 3 amide bonds. The lowest BCUT2D eigenvalue weighted by molar-refractivity contribution is 0.0955. The molecule has 1 fully saturated rings. The van der Waals surface area contributed by atoms with E-state index in [1.165, 1.54) is 11.3 Å². The number of hydrogen-bond acceptors (Lipinski definition) is 4. The zero-order valence-corrected chi connectivity index (χ0v) is 17.8. The molecule has 0 atom stereocenters. The maximum absolute atomic E-state index is 12.8. The van der Waals surface area contributed by atoms with Crippen molar-refractivity contribution in [2.75, 3.05) is 18.4 Å². The van der Waals surface area contributed by atoms with Gasteiger partial charge in [-0.2, -0.15) is 0 Å². The van der Waals surface area contributed by atoms with E-state index in [4.69, 9.17) is 4.74 Å². The monoisotopic (exact) mass is 433 g/mol. The number of anilines is 1. The molecule has 0 radical (unpaired) electrons. The number of ether oxygens (including phenoxy) is 1. The summed E-state index contributed by atoms with van der Waals surface area (Å²) >= 11 is 1.49. The number of nitrogens with zero attached hydrogens (tertiary/aromatic N) is 1. The van der Waals surface area contributed by atoms with Gasteiger partial charge in [0, 0.05) is 41.3 Å². The van der Waals surface area contributed by atoms with Gasteiger partial charge in [-0.3, -0.25) is 4.79 Å². The highest BCUT2D eigenvalue weighted by Gasteiger charge is 2.22. The van der Waals surface area contributed by atoms with Crippen LogP contribution in [0, 0.1) is 0 Å².